The number of esters is 1. The summed E-state index contributed by atoms with van der Waals surface area (Å²) in [6, 6.07) is 8.52. The Labute approximate surface area is 164 Å². The van der Waals surface area contributed by atoms with Crippen LogP contribution in [0, 0.1) is 22.9 Å². The monoisotopic (exact) mass is 400 g/mol. The maximum atomic E-state index is 13.4. The molecule has 0 fully saturated rings. The largest absolute Gasteiger partial charge is 0.464 e. The van der Waals surface area contributed by atoms with Crippen molar-refractivity contribution in [1.82, 2.24) is 0 Å². The number of ether oxygens (including phenoxy) is 1. The van der Waals surface area contributed by atoms with E-state index in [0.29, 0.717) is 11.1 Å². The number of amides is 1. The summed E-state index contributed by atoms with van der Waals surface area (Å²) in [4.78, 5) is 34.3. The molecule has 1 aromatic heterocycles. The summed E-state index contributed by atoms with van der Waals surface area (Å²) < 4.78 is 23.9. The molecule has 8 nitrogen and oxygen atoms in total. The minimum absolute atomic E-state index is 0.0159. The molecule has 9 heteroatoms. The molecular weight excluding hydrogens is 383 g/mol. The standard InChI is InChI=1S/C20H17FN2O6/c1-11-3-5-15-13(10-28-18(15)7-11)8-19(24)29-12(2)20(25)22-14-4-6-16(21)17(9-14)23(26)27/h3-7,9-10,12H,8H2,1-2H3,(H,22,25)/t12-/m1/s1. The molecule has 0 aliphatic heterocycles. The van der Waals surface area contributed by atoms with E-state index in [0.717, 1.165) is 23.1 Å². The van der Waals surface area contributed by atoms with Crippen LogP contribution in [-0.4, -0.2) is 22.9 Å². The first kappa shape index (κ1) is 20.0. The Bertz CT molecular complexity index is 1110. The van der Waals surface area contributed by atoms with E-state index in [2.05, 4.69) is 5.32 Å². The van der Waals surface area contributed by atoms with Gasteiger partial charge >= 0.3 is 11.7 Å². The Hall–Kier alpha value is -3.75. The number of carbonyl (C=O) groups is 2. The first-order chi connectivity index (χ1) is 13.7. The second kappa shape index (κ2) is 8.09. The van der Waals surface area contributed by atoms with E-state index in [1.54, 1.807) is 0 Å². The van der Waals surface area contributed by atoms with Crippen molar-refractivity contribution < 1.29 is 28.1 Å². The number of benzene rings is 2. The highest BCUT2D eigenvalue weighted by Gasteiger charge is 2.21. The van der Waals surface area contributed by atoms with E-state index in [-0.39, 0.29) is 12.1 Å². The number of hydrogen-bond donors (Lipinski definition) is 1. The van der Waals surface area contributed by atoms with Crippen LogP contribution in [0.5, 0.6) is 0 Å². The van der Waals surface area contributed by atoms with Gasteiger partial charge in [0.25, 0.3) is 5.91 Å². The van der Waals surface area contributed by atoms with E-state index in [9.17, 15) is 24.1 Å². The molecule has 150 valence electrons. The highest BCUT2D eigenvalue weighted by molar-refractivity contribution is 5.95. The van der Waals surface area contributed by atoms with Gasteiger partial charge in [-0.2, -0.15) is 4.39 Å². The second-order valence-electron chi connectivity index (χ2n) is 6.48. The molecule has 0 radical (unpaired) electrons. The van der Waals surface area contributed by atoms with Crippen LogP contribution in [0.1, 0.15) is 18.1 Å². The van der Waals surface area contributed by atoms with Crippen LogP contribution >= 0.6 is 0 Å². The predicted molar refractivity (Wildman–Crippen MR) is 102 cm³/mol. The van der Waals surface area contributed by atoms with Crippen molar-refractivity contribution in [3.8, 4) is 0 Å². The van der Waals surface area contributed by atoms with Gasteiger partial charge in [0.15, 0.2) is 6.10 Å². The van der Waals surface area contributed by atoms with Gasteiger partial charge in [-0.05, 0) is 37.6 Å². The summed E-state index contributed by atoms with van der Waals surface area (Å²) in [5.74, 6) is -2.36. The average Bonchev–Trinajstić information content (AvgIpc) is 3.04. The average molecular weight is 400 g/mol. The zero-order valence-corrected chi connectivity index (χ0v) is 15.6. The molecule has 1 amide bonds. The van der Waals surface area contributed by atoms with Gasteiger partial charge in [0.1, 0.15) is 5.58 Å². The zero-order valence-electron chi connectivity index (χ0n) is 15.6. The number of carbonyl (C=O) groups excluding carboxylic acids is 2. The molecule has 0 saturated carbocycles. The molecule has 0 bridgehead atoms. The van der Waals surface area contributed by atoms with Crippen LogP contribution in [0.3, 0.4) is 0 Å². The molecule has 2 aromatic carbocycles. The lowest BCUT2D eigenvalue weighted by Crippen LogP contribution is -2.30. The van der Waals surface area contributed by atoms with Crippen LogP contribution in [0.2, 0.25) is 0 Å². The third-order valence-electron chi connectivity index (χ3n) is 4.23. The van der Waals surface area contributed by atoms with Crippen molar-refractivity contribution in [3.05, 3.63) is 69.7 Å². The van der Waals surface area contributed by atoms with Crippen LogP contribution < -0.4 is 5.32 Å². The van der Waals surface area contributed by atoms with E-state index in [1.165, 1.54) is 19.3 Å². The minimum Gasteiger partial charge on any atom is -0.464 e. The molecule has 0 aliphatic carbocycles. The van der Waals surface area contributed by atoms with Crippen molar-refractivity contribution in [2.24, 2.45) is 0 Å². The number of nitro benzene ring substituents is 1. The SMILES string of the molecule is Cc1ccc2c(CC(=O)O[C@H](C)C(=O)Nc3ccc(F)c([N+](=O)[O-])c3)coc2c1. The normalized spacial score (nSPS) is 11.8. The summed E-state index contributed by atoms with van der Waals surface area (Å²) in [5.41, 5.74) is 1.55. The number of anilines is 1. The van der Waals surface area contributed by atoms with Crippen LogP contribution in [-0.2, 0) is 20.7 Å². The zero-order chi connectivity index (χ0) is 21.1. The smallest absolute Gasteiger partial charge is 0.311 e. The maximum absolute atomic E-state index is 13.4. The van der Waals surface area contributed by atoms with Crippen molar-refractivity contribution in [2.75, 3.05) is 5.32 Å². The fraction of sp³-hybridized carbons (Fsp3) is 0.200. The number of furan rings is 1. The Kier molecular flexibility index (Phi) is 5.58. The van der Waals surface area contributed by atoms with Gasteiger partial charge < -0.3 is 14.5 Å². The van der Waals surface area contributed by atoms with Crippen molar-refractivity contribution >= 4 is 34.2 Å². The summed E-state index contributed by atoms with van der Waals surface area (Å²) >= 11 is 0. The molecule has 3 aromatic rings. The van der Waals surface area contributed by atoms with Crippen molar-refractivity contribution in [3.63, 3.8) is 0 Å². The number of rotatable bonds is 6. The highest BCUT2D eigenvalue weighted by atomic mass is 19.1. The van der Waals surface area contributed by atoms with Gasteiger partial charge in [-0.1, -0.05) is 12.1 Å². The predicted octanol–water partition coefficient (Wildman–Crippen LogP) is 3.90. The topological polar surface area (TPSA) is 112 Å². The Morgan fingerprint density at radius 2 is 2.03 bits per heavy atom. The minimum atomic E-state index is -1.16. The third kappa shape index (κ3) is 4.57. The Morgan fingerprint density at radius 1 is 1.28 bits per heavy atom. The van der Waals surface area contributed by atoms with Crippen LogP contribution in [0.4, 0.5) is 15.8 Å². The first-order valence-electron chi connectivity index (χ1n) is 8.65. The molecule has 0 saturated heterocycles. The van der Waals surface area contributed by atoms with Crippen LogP contribution in [0.25, 0.3) is 11.0 Å². The van der Waals surface area contributed by atoms with E-state index >= 15 is 0 Å². The molecule has 29 heavy (non-hydrogen) atoms. The molecule has 0 aliphatic rings. The Balaban J connectivity index is 1.62. The summed E-state index contributed by atoms with van der Waals surface area (Å²) in [7, 11) is 0. The fourth-order valence-electron chi connectivity index (χ4n) is 2.75. The molecule has 1 N–H and O–H groups in total. The number of nitrogens with one attached hydrogen (secondary N) is 1. The van der Waals surface area contributed by atoms with Gasteiger partial charge in [-0.25, -0.2) is 0 Å². The maximum Gasteiger partial charge on any atom is 0.311 e. The van der Waals surface area contributed by atoms with Gasteiger partial charge in [-0.3, -0.25) is 19.7 Å². The van der Waals surface area contributed by atoms with Crippen LogP contribution in [0.15, 0.2) is 47.1 Å². The molecule has 1 heterocycles. The Morgan fingerprint density at radius 3 is 2.76 bits per heavy atom. The summed E-state index contributed by atoms with van der Waals surface area (Å²) in [6.45, 7) is 3.29. The van der Waals surface area contributed by atoms with E-state index in [4.69, 9.17) is 9.15 Å². The second-order valence-corrected chi connectivity index (χ2v) is 6.48. The number of hydrogen-bond acceptors (Lipinski definition) is 6. The van der Waals surface area contributed by atoms with E-state index in [1.807, 2.05) is 25.1 Å². The number of aryl methyl sites for hydroxylation is 1. The summed E-state index contributed by atoms with van der Waals surface area (Å²) in [5, 5.41) is 13.9. The highest BCUT2D eigenvalue weighted by Crippen LogP contribution is 2.24. The quantitative estimate of drug-likeness (QED) is 0.382. The first-order valence-corrected chi connectivity index (χ1v) is 8.65. The fourth-order valence-corrected chi connectivity index (χ4v) is 2.75. The molecular formula is C20H17FN2O6. The number of nitrogens with zero attached hydrogens (tertiary/aromatic N) is 1. The number of fused-ring (bicyclic) bond motifs is 1. The van der Waals surface area contributed by atoms with Gasteiger partial charge in [0.2, 0.25) is 5.82 Å². The molecule has 3 rings (SSSR count). The van der Waals surface area contributed by atoms with Gasteiger partial charge in [-0.15, -0.1) is 0 Å². The lowest BCUT2D eigenvalue weighted by Gasteiger charge is -2.13. The lowest BCUT2D eigenvalue weighted by atomic mass is 10.1. The van der Waals surface area contributed by atoms with Gasteiger partial charge in [0, 0.05) is 22.7 Å². The van der Waals surface area contributed by atoms with Crippen molar-refractivity contribution in [2.45, 2.75) is 26.4 Å². The van der Waals surface area contributed by atoms with Crippen molar-refractivity contribution in [1.29, 1.82) is 0 Å². The van der Waals surface area contributed by atoms with Gasteiger partial charge in [0.05, 0.1) is 17.6 Å². The molecule has 1 atom stereocenters. The lowest BCUT2D eigenvalue weighted by molar-refractivity contribution is -0.387. The third-order valence-corrected chi connectivity index (χ3v) is 4.23. The molecule has 0 unspecified atom stereocenters. The number of nitro groups is 1. The molecule has 0 spiro atoms. The van der Waals surface area contributed by atoms with E-state index < -0.39 is 34.4 Å². The number of halogens is 1. The summed E-state index contributed by atoms with van der Waals surface area (Å²) in [6.07, 6.45) is 0.218.